The van der Waals surface area contributed by atoms with Gasteiger partial charge in [-0.05, 0) is 24.8 Å². The number of halogens is 2. The first-order valence-corrected chi connectivity index (χ1v) is 7.21. The van der Waals surface area contributed by atoms with Crippen molar-refractivity contribution in [1.82, 2.24) is 9.71 Å². The molecule has 1 aliphatic rings. The summed E-state index contributed by atoms with van der Waals surface area (Å²) in [5.41, 5.74) is 5.83. The maximum atomic E-state index is 11.9. The molecule has 1 unspecified atom stereocenters. The van der Waals surface area contributed by atoms with Crippen LogP contribution in [-0.2, 0) is 10.0 Å². The summed E-state index contributed by atoms with van der Waals surface area (Å²) >= 11 is 5.69. The van der Waals surface area contributed by atoms with Gasteiger partial charge in [-0.3, -0.25) is 4.98 Å². The van der Waals surface area contributed by atoms with Gasteiger partial charge in [-0.2, -0.15) is 0 Å². The lowest BCUT2D eigenvalue weighted by Crippen LogP contribution is -2.38. The molecule has 0 amide bonds. The quantitative estimate of drug-likeness (QED) is 0.855. The fraction of sp³-hybridized carbons (Fsp3) is 0.500. The Balaban J connectivity index is 0.00000162. The second-order valence-electron chi connectivity index (χ2n) is 4.19. The Morgan fingerprint density at radius 1 is 1.50 bits per heavy atom. The fourth-order valence-electron chi connectivity index (χ4n) is 1.52. The van der Waals surface area contributed by atoms with Gasteiger partial charge in [0.25, 0.3) is 0 Å². The van der Waals surface area contributed by atoms with Crippen molar-refractivity contribution in [2.75, 3.05) is 6.54 Å². The molecule has 0 bridgehead atoms. The van der Waals surface area contributed by atoms with Crippen LogP contribution in [0.15, 0.2) is 23.4 Å². The molecule has 18 heavy (non-hydrogen) atoms. The number of nitrogens with one attached hydrogen (secondary N) is 1. The van der Waals surface area contributed by atoms with E-state index in [4.69, 9.17) is 17.3 Å². The summed E-state index contributed by atoms with van der Waals surface area (Å²) in [7, 11) is -3.56. The largest absolute Gasteiger partial charge is 0.326 e. The second-order valence-corrected chi connectivity index (χ2v) is 6.40. The molecule has 1 saturated carbocycles. The van der Waals surface area contributed by atoms with Crippen LogP contribution >= 0.6 is 24.0 Å². The molecule has 1 aromatic heterocycles. The molecule has 0 aliphatic heterocycles. The first kappa shape index (κ1) is 15.7. The molecule has 0 radical (unpaired) electrons. The Hall–Kier alpha value is -0.400. The number of aromatic nitrogens is 1. The van der Waals surface area contributed by atoms with E-state index in [1.807, 2.05) is 0 Å². The standard InChI is InChI=1S/C10H14ClN3O2S.ClH/c11-8-3-9(5-13-4-8)17(15,16)14-6-10(12)7-1-2-7;/h3-5,7,10,14H,1-2,6,12H2;1H. The highest BCUT2D eigenvalue weighted by Gasteiger charge is 2.29. The summed E-state index contributed by atoms with van der Waals surface area (Å²) in [6.07, 6.45) is 4.82. The summed E-state index contributed by atoms with van der Waals surface area (Å²) in [6.45, 7) is 0.250. The molecule has 2 rings (SSSR count). The van der Waals surface area contributed by atoms with Crippen LogP contribution in [0.25, 0.3) is 0 Å². The lowest BCUT2D eigenvalue weighted by molar-refractivity contribution is 0.547. The summed E-state index contributed by atoms with van der Waals surface area (Å²) < 4.78 is 26.2. The van der Waals surface area contributed by atoms with Crippen LogP contribution in [0.1, 0.15) is 12.8 Å². The average molecular weight is 312 g/mol. The number of pyridine rings is 1. The van der Waals surface area contributed by atoms with Gasteiger partial charge in [0.2, 0.25) is 10.0 Å². The van der Waals surface area contributed by atoms with Gasteiger partial charge in [0.1, 0.15) is 4.90 Å². The van der Waals surface area contributed by atoms with Crippen LogP contribution in [0.4, 0.5) is 0 Å². The van der Waals surface area contributed by atoms with Crippen molar-refractivity contribution in [1.29, 1.82) is 0 Å². The highest BCUT2D eigenvalue weighted by Crippen LogP contribution is 2.31. The minimum Gasteiger partial charge on any atom is -0.326 e. The molecule has 1 atom stereocenters. The number of nitrogens with two attached hydrogens (primary N) is 1. The molecular weight excluding hydrogens is 297 g/mol. The average Bonchev–Trinajstić information content (AvgIpc) is 3.10. The van der Waals surface area contributed by atoms with E-state index in [1.165, 1.54) is 18.5 Å². The number of nitrogens with zero attached hydrogens (tertiary/aromatic N) is 1. The van der Waals surface area contributed by atoms with Gasteiger partial charge in [0.15, 0.2) is 0 Å². The predicted octanol–water partition coefficient (Wildman–Crippen LogP) is 1.17. The molecule has 0 spiro atoms. The van der Waals surface area contributed by atoms with E-state index in [0.29, 0.717) is 10.9 Å². The van der Waals surface area contributed by atoms with Crippen LogP contribution < -0.4 is 10.5 Å². The van der Waals surface area contributed by atoms with E-state index >= 15 is 0 Å². The molecule has 1 aromatic rings. The van der Waals surface area contributed by atoms with E-state index in [0.717, 1.165) is 12.8 Å². The Labute approximate surface area is 118 Å². The molecule has 102 valence electrons. The zero-order valence-corrected chi connectivity index (χ0v) is 11.9. The number of hydrogen-bond acceptors (Lipinski definition) is 4. The zero-order valence-electron chi connectivity index (χ0n) is 9.54. The fourth-order valence-corrected chi connectivity index (χ4v) is 2.82. The third kappa shape index (κ3) is 4.07. The molecule has 5 nitrogen and oxygen atoms in total. The first-order valence-electron chi connectivity index (χ1n) is 5.35. The van der Waals surface area contributed by atoms with Gasteiger partial charge in [-0.1, -0.05) is 11.6 Å². The second kappa shape index (κ2) is 6.16. The van der Waals surface area contributed by atoms with Crippen molar-refractivity contribution < 1.29 is 8.42 Å². The molecule has 1 aliphatic carbocycles. The Morgan fingerprint density at radius 2 is 2.17 bits per heavy atom. The number of rotatable bonds is 5. The normalized spacial score (nSPS) is 17.0. The predicted molar refractivity (Wildman–Crippen MR) is 72.4 cm³/mol. The van der Waals surface area contributed by atoms with Crippen molar-refractivity contribution in [3.05, 3.63) is 23.5 Å². The molecule has 0 aromatic carbocycles. The SMILES string of the molecule is Cl.NC(CNS(=O)(=O)c1cncc(Cl)c1)C1CC1. The van der Waals surface area contributed by atoms with Crippen LogP contribution in [-0.4, -0.2) is 26.0 Å². The van der Waals surface area contributed by atoms with Gasteiger partial charge in [-0.15, -0.1) is 12.4 Å². The van der Waals surface area contributed by atoms with E-state index in [-0.39, 0.29) is 29.9 Å². The van der Waals surface area contributed by atoms with Crippen LogP contribution in [0.2, 0.25) is 5.02 Å². The van der Waals surface area contributed by atoms with Crippen molar-refractivity contribution in [3.63, 3.8) is 0 Å². The molecular formula is C10H15Cl2N3O2S. The molecule has 0 saturated heterocycles. The third-order valence-electron chi connectivity index (χ3n) is 2.73. The van der Waals surface area contributed by atoms with E-state index < -0.39 is 10.0 Å². The lowest BCUT2D eigenvalue weighted by Gasteiger charge is -2.11. The summed E-state index contributed by atoms with van der Waals surface area (Å²) in [4.78, 5) is 3.81. The summed E-state index contributed by atoms with van der Waals surface area (Å²) in [5, 5.41) is 0.291. The molecule has 8 heteroatoms. The Bertz CT molecular complexity index is 506. The van der Waals surface area contributed by atoms with Gasteiger partial charge in [0.05, 0.1) is 5.02 Å². The topological polar surface area (TPSA) is 85.1 Å². The minimum absolute atomic E-state index is 0. The van der Waals surface area contributed by atoms with Gasteiger partial charge >= 0.3 is 0 Å². The van der Waals surface area contributed by atoms with Crippen molar-refractivity contribution in [3.8, 4) is 0 Å². The van der Waals surface area contributed by atoms with Crippen LogP contribution in [0, 0.1) is 5.92 Å². The van der Waals surface area contributed by atoms with Crippen molar-refractivity contribution in [2.24, 2.45) is 11.7 Å². The maximum absolute atomic E-state index is 11.9. The maximum Gasteiger partial charge on any atom is 0.242 e. The number of hydrogen-bond donors (Lipinski definition) is 2. The molecule has 1 fully saturated rings. The minimum atomic E-state index is -3.56. The van der Waals surface area contributed by atoms with Crippen molar-refractivity contribution >= 4 is 34.0 Å². The summed E-state index contributed by atoms with van der Waals surface area (Å²) in [6, 6.07) is 1.25. The lowest BCUT2D eigenvalue weighted by atomic mass is 10.2. The highest BCUT2D eigenvalue weighted by molar-refractivity contribution is 7.89. The van der Waals surface area contributed by atoms with Crippen LogP contribution in [0.5, 0.6) is 0 Å². The molecule has 3 N–H and O–H groups in total. The van der Waals surface area contributed by atoms with Gasteiger partial charge < -0.3 is 5.73 Å². The third-order valence-corrected chi connectivity index (χ3v) is 4.32. The van der Waals surface area contributed by atoms with Crippen LogP contribution in [0.3, 0.4) is 0 Å². The Morgan fingerprint density at radius 3 is 2.72 bits per heavy atom. The van der Waals surface area contributed by atoms with Crippen molar-refractivity contribution in [2.45, 2.75) is 23.8 Å². The van der Waals surface area contributed by atoms with Gasteiger partial charge in [0, 0.05) is 25.0 Å². The smallest absolute Gasteiger partial charge is 0.242 e. The Kier molecular flexibility index (Phi) is 5.36. The van der Waals surface area contributed by atoms with E-state index in [9.17, 15) is 8.42 Å². The monoisotopic (exact) mass is 311 g/mol. The highest BCUT2D eigenvalue weighted by atomic mass is 35.5. The first-order chi connectivity index (χ1) is 7.99. The van der Waals surface area contributed by atoms with E-state index in [1.54, 1.807) is 0 Å². The number of sulfonamides is 1. The van der Waals surface area contributed by atoms with Gasteiger partial charge in [-0.25, -0.2) is 13.1 Å². The molecule has 1 heterocycles. The summed E-state index contributed by atoms with van der Waals surface area (Å²) in [5.74, 6) is 0.454. The zero-order chi connectivity index (χ0) is 12.5. The van der Waals surface area contributed by atoms with E-state index in [2.05, 4.69) is 9.71 Å².